The van der Waals surface area contributed by atoms with Crippen LogP contribution in [0.25, 0.3) is 0 Å². The summed E-state index contributed by atoms with van der Waals surface area (Å²) in [6.07, 6.45) is 9.95. The summed E-state index contributed by atoms with van der Waals surface area (Å²) < 4.78 is 2.44. The Morgan fingerprint density at radius 3 is 2.06 bits per heavy atom. The molecule has 0 atom stereocenters. The van der Waals surface area contributed by atoms with E-state index in [9.17, 15) is 0 Å². The lowest BCUT2D eigenvalue weighted by molar-refractivity contribution is 0.0927. The molecule has 0 aromatic rings. The first-order chi connectivity index (χ1) is 8.20. The van der Waals surface area contributed by atoms with E-state index in [1.807, 2.05) is 0 Å². The quantitative estimate of drug-likeness (QED) is 0.566. The van der Waals surface area contributed by atoms with E-state index in [0.29, 0.717) is 0 Å². The summed E-state index contributed by atoms with van der Waals surface area (Å²) in [5, 5.41) is 0. The molecule has 2 aliphatic rings. The molecule has 2 fully saturated rings. The Hall–Kier alpha value is 0.650. The molecule has 0 bridgehead atoms. The Bertz CT molecular complexity index is 218. The van der Waals surface area contributed by atoms with Gasteiger partial charge in [0.25, 0.3) is 0 Å². The molecule has 1 saturated carbocycles. The van der Waals surface area contributed by atoms with Crippen LogP contribution in [0, 0.1) is 5.92 Å². The standard InChI is InChI=1S/C14H27IN2/c1-3-12-4-6-13(7-5-12)16(2)14-8-10-17(15)11-9-14/h12-14H,3-11H2,1-2H3/t12-,13-. The van der Waals surface area contributed by atoms with Gasteiger partial charge in [0.15, 0.2) is 0 Å². The van der Waals surface area contributed by atoms with E-state index in [-0.39, 0.29) is 0 Å². The fourth-order valence-corrected chi connectivity index (χ4v) is 4.06. The molecule has 0 aromatic heterocycles. The summed E-state index contributed by atoms with van der Waals surface area (Å²) in [7, 11) is 2.38. The molecule has 0 radical (unpaired) electrons. The van der Waals surface area contributed by atoms with Crippen molar-refractivity contribution in [2.45, 2.75) is 64.0 Å². The molecular weight excluding hydrogens is 323 g/mol. The first-order valence-electron chi connectivity index (χ1n) is 7.33. The van der Waals surface area contributed by atoms with E-state index >= 15 is 0 Å². The van der Waals surface area contributed by atoms with Crippen LogP contribution < -0.4 is 0 Å². The van der Waals surface area contributed by atoms with Gasteiger partial charge in [0, 0.05) is 48.0 Å². The Labute approximate surface area is 121 Å². The van der Waals surface area contributed by atoms with Crippen LogP contribution in [-0.4, -0.2) is 40.2 Å². The van der Waals surface area contributed by atoms with Gasteiger partial charge in [0.05, 0.1) is 0 Å². The molecule has 17 heavy (non-hydrogen) atoms. The average molecular weight is 350 g/mol. The summed E-state index contributed by atoms with van der Waals surface area (Å²) in [6.45, 7) is 4.91. The highest BCUT2D eigenvalue weighted by atomic mass is 127. The second-order valence-corrected chi connectivity index (χ2v) is 7.25. The predicted octanol–water partition coefficient (Wildman–Crippen LogP) is 3.70. The minimum atomic E-state index is 0.851. The van der Waals surface area contributed by atoms with Crippen molar-refractivity contribution in [2.75, 3.05) is 20.1 Å². The van der Waals surface area contributed by atoms with Crippen molar-refractivity contribution in [3.8, 4) is 0 Å². The van der Waals surface area contributed by atoms with Crippen LogP contribution in [0.2, 0.25) is 0 Å². The summed E-state index contributed by atoms with van der Waals surface area (Å²) in [5.74, 6) is 1.02. The van der Waals surface area contributed by atoms with Crippen molar-refractivity contribution in [2.24, 2.45) is 5.92 Å². The van der Waals surface area contributed by atoms with Crippen molar-refractivity contribution < 1.29 is 0 Å². The largest absolute Gasteiger partial charge is 0.300 e. The zero-order chi connectivity index (χ0) is 12.3. The molecule has 1 saturated heterocycles. The molecular formula is C14H27IN2. The Balaban J connectivity index is 1.78. The molecule has 2 nitrogen and oxygen atoms in total. The second kappa shape index (κ2) is 6.71. The lowest BCUT2D eigenvalue weighted by Crippen LogP contribution is -2.46. The van der Waals surface area contributed by atoms with Gasteiger partial charge in [0.1, 0.15) is 0 Å². The van der Waals surface area contributed by atoms with Gasteiger partial charge in [-0.2, -0.15) is 0 Å². The number of hydrogen-bond donors (Lipinski definition) is 0. The minimum absolute atomic E-state index is 0.851. The van der Waals surface area contributed by atoms with E-state index in [2.05, 4.69) is 44.8 Å². The van der Waals surface area contributed by atoms with E-state index in [4.69, 9.17) is 0 Å². The normalized spacial score (nSPS) is 33.2. The molecule has 0 unspecified atom stereocenters. The van der Waals surface area contributed by atoms with Gasteiger partial charge in [0.2, 0.25) is 0 Å². The van der Waals surface area contributed by atoms with Crippen LogP contribution in [-0.2, 0) is 0 Å². The van der Waals surface area contributed by atoms with Crippen molar-refractivity contribution in [3.05, 3.63) is 0 Å². The topological polar surface area (TPSA) is 6.48 Å². The van der Waals surface area contributed by atoms with Gasteiger partial charge in [-0.3, -0.25) is 0 Å². The first-order valence-corrected chi connectivity index (χ1v) is 8.29. The van der Waals surface area contributed by atoms with E-state index in [1.165, 1.54) is 58.0 Å². The molecule has 1 aliphatic carbocycles. The van der Waals surface area contributed by atoms with Crippen LogP contribution in [0.15, 0.2) is 0 Å². The third-order valence-corrected chi connectivity index (χ3v) is 5.92. The smallest absolute Gasteiger partial charge is 0.0201 e. The number of nitrogens with zero attached hydrogens (tertiary/aromatic N) is 2. The van der Waals surface area contributed by atoms with Crippen molar-refractivity contribution >= 4 is 22.9 Å². The fraction of sp³-hybridized carbons (Fsp3) is 1.00. The molecule has 0 N–H and O–H groups in total. The lowest BCUT2D eigenvalue weighted by Gasteiger charge is -2.41. The minimum Gasteiger partial charge on any atom is -0.300 e. The molecule has 1 heterocycles. The maximum Gasteiger partial charge on any atom is 0.0201 e. The Morgan fingerprint density at radius 1 is 1.00 bits per heavy atom. The molecule has 3 heteroatoms. The average Bonchev–Trinajstić information content (AvgIpc) is 2.39. The summed E-state index contributed by atoms with van der Waals surface area (Å²) in [5.41, 5.74) is 0. The second-order valence-electron chi connectivity index (χ2n) is 5.89. The van der Waals surface area contributed by atoms with Crippen molar-refractivity contribution in [3.63, 3.8) is 0 Å². The summed E-state index contributed by atoms with van der Waals surface area (Å²) in [6, 6.07) is 1.73. The first kappa shape index (κ1) is 14.1. The lowest BCUT2D eigenvalue weighted by atomic mass is 9.83. The summed E-state index contributed by atoms with van der Waals surface area (Å²) in [4.78, 5) is 2.72. The maximum atomic E-state index is 2.72. The molecule has 0 spiro atoms. The fourth-order valence-electron chi connectivity index (χ4n) is 3.50. The molecule has 1 aliphatic heterocycles. The number of halogens is 1. The highest BCUT2D eigenvalue weighted by Gasteiger charge is 2.29. The molecule has 0 aromatic carbocycles. The zero-order valence-corrected chi connectivity index (χ0v) is 13.5. The van der Waals surface area contributed by atoms with Gasteiger partial charge in [-0.25, -0.2) is 3.11 Å². The third-order valence-electron chi connectivity index (χ3n) is 4.96. The molecule has 0 amide bonds. The number of rotatable bonds is 3. The van der Waals surface area contributed by atoms with E-state index in [1.54, 1.807) is 0 Å². The van der Waals surface area contributed by atoms with E-state index in [0.717, 1.165) is 18.0 Å². The monoisotopic (exact) mass is 350 g/mol. The molecule has 100 valence electrons. The predicted molar refractivity (Wildman–Crippen MR) is 82.4 cm³/mol. The third kappa shape index (κ3) is 3.80. The number of hydrogen-bond acceptors (Lipinski definition) is 2. The van der Waals surface area contributed by atoms with E-state index < -0.39 is 0 Å². The van der Waals surface area contributed by atoms with Crippen LogP contribution in [0.3, 0.4) is 0 Å². The van der Waals surface area contributed by atoms with Gasteiger partial charge >= 0.3 is 0 Å². The van der Waals surface area contributed by atoms with Crippen LogP contribution in [0.5, 0.6) is 0 Å². The van der Waals surface area contributed by atoms with Crippen molar-refractivity contribution in [1.82, 2.24) is 8.01 Å². The van der Waals surface area contributed by atoms with Crippen molar-refractivity contribution in [1.29, 1.82) is 0 Å². The highest BCUT2D eigenvalue weighted by molar-refractivity contribution is 14.1. The van der Waals surface area contributed by atoms with Gasteiger partial charge in [-0.1, -0.05) is 13.3 Å². The van der Waals surface area contributed by atoms with Crippen LogP contribution in [0.4, 0.5) is 0 Å². The highest BCUT2D eigenvalue weighted by Crippen LogP contribution is 2.31. The van der Waals surface area contributed by atoms with Crippen LogP contribution >= 0.6 is 22.9 Å². The Kier molecular flexibility index (Phi) is 5.55. The van der Waals surface area contributed by atoms with Gasteiger partial charge < -0.3 is 4.90 Å². The molecule has 2 rings (SSSR count). The summed E-state index contributed by atoms with van der Waals surface area (Å²) >= 11 is 2.47. The Morgan fingerprint density at radius 2 is 1.53 bits per heavy atom. The zero-order valence-electron chi connectivity index (χ0n) is 11.4. The van der Waals surface area contributed by atoms with Gasteiger partial charge in [-0.15, -0.1) is 0 Å². The maximum absolute atomic E-state index is 2.72. The van der Waals surface area contributed by atoms with Gasteiger partial charge in [-0.05, 0) is 51.5 Å². The van der Waals surface area contributed by atoms with Crippen LogP contribution in [0.1, 0.15) is 51.9 Å². The SMILES string of the molecule is CC[C@H]1CC[C@H](N(C)C2CCN(I)CC2)CC1. The number of piperidine rings is 1.